The number of carbonyl (C=O) groups excluding carboxylic acids is 2. The first kappa shape index (κ1) is 18.3. The van der Waals surface area contributed by atoms with Crippen molar-refractivity contribution in [1.29, 1.82) is 0 Å². The molecule has 0 saturated carbocycles. The van der Waals surface area contributed by atoms with E-state index in [0.29, 0.717) is 32.1 Å². The van der Waals surface area contributed by atoms with Gasteiger partial charge in [-0.2, -0.15) is 0 Å². The first-order valence-corrected chi connectivity index (χ1v) is 7.81. The number of hydrogen-bond acceptors (Lipinski definition) is 4. The lowest BCUT2D eigenvalue weighted by Crippen LogP contribution is -2.17. The highest BCUT2D eigenvalue weighted by Gasteiger charge is 2.10. The molecular formula is C17H25NO4. The lowest BCUT2D eigenvalue weighted by atomic mass is 10.0. The predicted octanol–water partition coefficient (Wildman–Crippen LogP) is 2.92. The fourth-order valence-electron chi connectivity index (χ4n) is 2.28. The quantitative estimate of drug-likeness (QED) is 0.333. The van der Waals surface area contributed by atoms with Crippen molar-refractivity contribution in [3.05, 3.63) is 35.9 Å². The van der Waals surface area contributed by atoms with Gasteiger partial charge in [-0.05, 0) is 24.8 Å². The van der Waals surface area contributed by atoms with Gasteiger partial charge in [0.25, 0.3) is 0 Å². The second kappa shape index (κ2) is 10.9. The largest absolute Gasteiger partial charge is 0.388 e. The minimum absolute atomic E-state index is 0.170. The van der Waals surface area contributed by atoms with Crippen LogP contribution in [-0.2, 0) is 9.59 Å². The van der Waals surface area contributed by atoms with Crippen molar-refractivity contribution in [3.8, 4) is 0 Å². The summed E-state index contributed by atoms with van der Waals surface area (Å²) in [7, 11) is 0. The summed E-state index contributed by atoms with van der Waals surface area (Å²) in [4.78, 5) is 22.5. The van der Waals surface area contributed by atoms with E-state index in [0.717, 1.165) is 24.8 Å². The Morgan fingerprint density at radius 1 is 0.955 bits per heavy atom. The van der Waals surface area contributed by atoms with Crippen molar-refractivity contribution >= 4 is 11.7 Å². The molecule has 0 aliphatic carbocycles. The third-order valence-corrected chi connectivity index (χ3v) is 3.62. The summed E-state index contributed by atoms with van der Waals surface area (Å²) in [5.74, 6) is -0.200. The fourth-order valence-corrected chi connectivity index (χ4v) is 2.28. The molecule has 1 unspecified atom stereocenters. The van der Waals surface area contributed by atoms with E-state index in [2.05, 4.69) is 0 Å². The Hall–Kier alpha value is -1.72. The zero-order valence-corrected chi connectivity index (χ0v) is 12.8. The predicted molar refractivity (Wildman–Crippen MR) is 83.3 cm³/mol. The zero-order chi connectivity index (χ0) is 16.2. The van der Waals surface area contributed by atoms with E-state index in [9.17, 15) is 14.7 Å². The van der Waals surface area contributed by atoms with Gasteiger partial charge in [0, 0.05) is 19.3 Å². The van der Waals surface area contributed by atoms with E-state index >= 15 is 0 Å². The van der Waals surface area contributed by atoms with Gasteiger partial charge in [-0.3, -0.25) is 14.8 Å². The van der Waals surface area contributed by atoms with E-state index in [1.54, 1.807) is 5.48 Å². The molecule has 3 N–H and O–H groups in total. The number of carbonyl (C=O) groups is 2. The Morgan fingerprint density at radius 3 is 2.23 bits per heavy atom. The number of rotatable bonds is 11. The lowest BCUT2D eigenvalue weighted by Gasteiger charge is -2.10. The van der Waals surface area contributed by atoms with Crippen LogP contribution >= 0.6 is 0 Å². The number of amides is 1. The smallest absolute Gasteiger partial charge is 0.243 e. The van der Waals surface area contributed by atoms with E-state index in [1.807, 2.05) is 30.3 Å². The SMILES string of the molecule is O=C(CCCCCCC(=O)NO)CCC(O)c1ccccc1. The van der Waals surface area contributed by atoms with Crippen LogP contribution in [0.5, 0.6) is 0 Å². The summed E-state index contributed by atoms with van der Waals surface area (Å²) in [6, 6.07) is 9.36. The van der Waals surface area contributed by atoms with Gasteiger partial charge in [-0.25, -0.2) is 5.48 Å². The molecule has 5 heteroatoms. The van der Waals surface area contributed by atoms with Gasteiger partial charge in [0.2, 0.25) is 5.91 Å². The number of benzene rings is 1. The summed E-state index contributed by atoms with van der Waals surface area (Å²) < 4.78 is 0. The molecule has 122 valence electrons. The highest BCUT2D eigenvalue weighted by molar-refractivity contribution is 5.78. The normalized spacial score (nSPS) is 11.9. The van der Waals surface area contributed by atoms with Crippen molar-refractivity contribution in [2.24, 2.45) is 0 Å². The highest BCUT2D eigenvalue weighted by atomic mass is 16.5. The number of hydrogen-bond donors (Lipinski definition) is 3. The number of aliphatic hydroxyl groups excluding tert-OH is 1. The molecule has 0 aliphatic heterocycles. The molecule has 0 fully saturated rings. The van der Waals surface area contributed by atoms with E-state index in [-0.39, 0.29) is 11.7 Å². The summed E-state index contributed by atoms with van der Waals surface area (Å²) in [5.41, 5.74) is 2.44. The molecular weight excluding hydrogens is 282 g/mol. The number of aliphatic hydroxyl groups is 1. The van der Waals surface area contributed by atoms with E-state index in [1.165, 1.54) is 0 Å². The average Bonchev–Trinajstić information content (AvgIpc) is 2.56. The Bertz CT molecular complexity index is 447. The summed E-state index contributed by atoms with van der Waals surface area (Å²) >= 11 is 0. The van der Waals surface area contributed by atoms with Crippen LogP contribution in [0.1, 0.15) is 63.0 Å². The molecule has 5 nitrogen and oxygen atoms in total. The Balaban J connectivity index is 2.05. The molecule has 1 atom stereocenters. The Morgan fingerprint density at radius 2 is 1.59 bits per heavy atom. The minimum Gasteiger partial charge on any atom is -0.388 e. The van der Waals surface area contributed by atoms with Gasteiger partial charge in [0.15, 0.2) is 0 Å². The summed E-state index contributed by atoms with van der Waals surface area (Å²) in [6.07, 6.45) is 4.39. The van der Waals surface area contributed by atoms with E-state index < -0.39 is 6.10 Å². The molecule has 0 aromatic heterocycles. The lowest BCUT2D eigenvalue weighted by molar-refractivity contribution is -0.129. The maximum absolute atomic E-state index is 11.8. The van der Waals surface area contributed by atoms with Gasteiger partial charge < -0.3 is 5.11 Å². The molecule has 1 aromatic rings. The van der Waals surface area contributed by atoms with Crippen LogP contribution in [-0.4, -0.2) is 22.0 Å². The van der Waals surface area contributed by atoms with Crippen LogP contribution in [0.4, 0.5) is 0 Å². The van der Waals surface area contributed by atoms with Crippen molar-refractivity contribution in [3.63, 3.8) is 0 Å². The fraction of sp³-hybridized carbons (Fsp3) is 0.529. The van der Waals surface area contributed by atoms with Crippen LogP contribution < -0.4 is 5.48 Å². The standard InChI is InChI=1S/C17H25NO4/c19-15(10-6-1-2-7-11-17(21)18-22)12-13-16(20)14-8-4-3-5-9-14/h3-5,8-9,16,20,22H,1-2,6-7,10-13H2,(H,18,21). The first-order valence-electron chi connectivity index (χ1n) is 7.81. The van der Waals surface area contributed by atoms with Crippen molar-refractivity contribution in [2.75, 3.05) is 0 Å². The van der Waals surface area contributed by atoms with Crippen LogP contribution in [0.3, 0.4) is 0 Å². The van der Waals surface area contributed by atoms with Gasteiger partial charge in [0.1, 0.15) is 5.78 Å². The first-order chi connectivity index (χ1) is 10.6. The molecule has 0 spiro atoms. The molecule has 1 rings (SSSR count). The molecule has 0 aliphatic rings. The highest BCUT2D eigenvalue weighted by Crippen LogP contribution is 2.18. The molecule has 1 amide bonds. The maximum atomic E-state index is 11.8. The van der Waals surface area contributed by atoms with Crippen LogP contribution in [0.15, 0.2) is 30.3 Å². The number of Topliss-reactive ketones (excluding diaryl/α,β-unsaturated/α-hetero) is 1. The van der Waals surface area contributed by atoms with Gasteiger partial charge in [0.05, 0.1) is 6.10 Å². The number of hydroxylamine groups is 1. The average molecular weight is 307 g/mol. The Labute approximate surface area is 131 Å². The van der Waals surface area contributed by atoms with Crippen LogP contribution in [0, 0.1) is 0 Å². The monoisotopic (exact) mass is 307 g/mol. The van der Waals surface area contributed by atoms with Crippen molar-refractivity contribution in [1.82, 2.24) is 5.48 Å². The zero-order valence-electron chi connectivity index (χ0n) is 12.8. The summed E-state index contributed by atoms with van der Waals surface area (Å²) in [6.45, 7) is 0. The van der Waals surface area contributed by atoms with Crippen molar-refractivity contribution in [2.45, 2.75) is 57.5 Å². The maximum Gasteiger partial charge on any atom is 0.243 e. The third-order valence-electron chi connectivity index (χ3n) is 3.62. The number of unbranched alkanes of at least 4 members (excludes halogenated alkanes) is 3. The van der Waals surface area contributed by atoms with Gasteiger partial charge in [-0.15, -0.1) is 0 Å². The minimum atomic E-state index is -0.581. The summed E-state index contributed by atoms with van der Waals surface area (Å²) in [5, 5.41) is 18.3. The third kappa shape index (κ3) is 7.90. The number of nitrogens with one attached hydrogen (secondary N) is 1. The molecule has 22 heavy (non-hydrogen) atoms. The molecule has 0 radical (unpaired) electrons. The van der Waals surface area contributed by atoms with Crippen molar-refractivity contribution < 1.29 is 19.9 Å². The van der Waals surface area contributed by atoms with Gasteiger partial charge >= 0.3 is 0 Å². The number of ketones is 1. The van der Waals surface area contributed by atoms with Gasteiger partial charge in [-0.1, -0.05) is 43.2 Å². The molecule has 0 saturated heterocycles. The molecule has 0 heterocycles. The van der Waals surface area contributed by atoms with Crippen LogP contribution in [0.25, 0.3) is 0 Å². The molecule has 0 bridgehead atoms. The van der Waals surface area contributed by atoms with E-state index in [4.69, 9.17) is 5.21 Å². The topological polar surface area (TPSA) is 86.6 Å². The van der Waals surface area contributed by atoms with Crippen LogP contribution in [0.2, 0.25) is 0 Å². The Kier molecular flexibility index (Phi) is 9.11. The second-order valence-corrected chi connectivity index (χ2v) is 5.45. The second-order valence-electron chi connectivity index (χ2n) is 5.45. The molecule has 1 aromatic carbocycles.